The van der Waals surface area contributed by atoms with Crippen molar-refractivity contribution in [3.63, 3.8) is 0 Å². The Hall–Kier alpha value is 1.89. The summed E-state index contributed by atoms with van der Waals surface area (Å²) in [6.45, 7) is 0. The second kappa shape index (κ2) is 20.7. The SMILES string of the molecule is [Ca+2].[O-2].[OH-].[Ti+4]. The van der Waals surface area contributed by atoms with Crippen LogP contribution in [0, 0.1) is 0 Å². The molecule has 1 N–H and O–H groups in total. The van der Waals surface area contributed by atoms with Crippen molar-refractivity contribution in [1.29, 1.82) is 0 Å². The van der Waals surface area contributed by atoms with Crippen molar-refractivity contribution >= 4 is 37.7 Å². The van der Waals surface area contributed by atoms with E-state index >= 15 is 0 Å². The largest absolute Gasteiger partial charge is 4.00 e. The minimum absolute atomic E-state index is 0. The molecule has 0 aromatic carbocycles. The molecule has 0 aliphatic rings. The van der Waals surface area contributed by atoms with Crippen LogP contribution in [0.4, 0.5) is 0 Å². The number of rotatable bonds is 0. The smallest absolute Gasteiger partial charge is 2.00 e. The van der Waals surface area contributed by atoms with E-state index in [1.54, 1.807) is 0 Å². The second-order valence-corrected chi connectivity index (χ2v) is 0. The summed E-state index contributed by atoms with van der Waals surface area (Å²) in [6, 6.07) is 0. The van der Waals surface area contributed by atoms with Crippen LogP contribution in [0.15, 0.2) is 0 Å². The van der Waals surface area contributed by atoms with Crippen molar-refractivity contribution < 1.29 is 32.7 Å². The van der Waals surface area contributed by atoms with Gasteiger partial charge in [-0.15, -0.1) is 0 Å². The van der Waals surface area contributed by atoms with E-state index in [0.29, 0.717) is 0 Å². The van der Waals surface area contributed by atoms with Gasteiger partial charge < -0.3 is 11.0 Å². The van der Waals surface area contributed by atoms with Gasteiger partial charge in [0.1, 0.15) is 0 Å². The first-order valence-corrected chi connectivity index (χ1v) is 0. The third-order valence-electron chi connectivity index (χ3n) is 0. The molecule has 0 rings (SSSR count). The molecule has 0 aliphatic heterocycles. The van der Waals surface area contributed by atoms with Gasteiger partial charge >= 0.3 is 59.5 Å². The molecular weight excluding hydrogens is 120 g/mol. The van der Waals surface area contributed by atoms with Crippen LogP contribution in [0.1, 0.15) is 0 Å². The van der Waals surface area contributed by atoms with Crippen LogP contribution < -0.4 is 0 Å². The number of hydrogen-bond acceptors (Lipinski definition) is 1. The average molecular weight is 121 g/mol. The quantitative estimate of drug-likeness (QED) is 0.391. The first-order chi connectivity index (χ1) is 0. The molecule has 0 radical (unpaired) electrons. The Morgan fingerprint density at radius 2 is 1.00 bits per heavy atom. The monoisotopic (exact) mass is 121 g/mol. The molecule has 16 valence electrons. The second-order valence-electron chi connectivity index (χ2n) is 0. The molecule has 0 bridgehead atoms. The van der Waals surface area contributed by atoms with E-state index in [1.165, 1.54) is 0 Å². The summed E-state index contributed by atoms with van der Waals surface area (Å²) >= 11 is 0. The van der Waals surface area contributed by atoms with Crippen molar-refractivity contribution in [3.8, 4) is 0 Å². The van der Waals surface area contributed by atoms with E-state index in [9.17, 15) is 0 Å². The summed E-state index contributed by atoms with van der Waals surface area (Å²) in [4.78, 5) is 0. The zero-order chi connectivity index (χ0) is 0. The molecule has 0 saturated carbocycles. The Kier molecular flexibility index (Phi) is 204. The normalized spacial score (nSPS) is 0. The van der Waals surface area contributed by atoms with Crippen LogP contribution >= 0.6 is 0 Å². The average Bonchev–Trinajstić information content (AvgIpc) is 0. The molecule has 0 amide bonds. The van der Waals surface area contributed by atoms with E-state index in [2.05, 4.69) is 0 Å². The zero-order valence-electron chi connectivity index (χ0n) is 2.06. The van der Waals surface area contributed by atoms with Crippen LogP contribution in [0.5, 0.6) is 0 Å². The fourth-order valence-corrected chi connectivity index (χ4v) is 0. The topological polar surface area (TPSA) is 58.5 Å². The predicted octanol–water partition coefficient (Wildman–Crippen LogP) is -0.679. The summed E-state index contributed by atoms with van der Waals surface area (Å²) in [6.07, 6.45) is 0. The van der Waals surface area contributed by atoms with E-state index < -0.39 is 0 Å². The molecular formula is HCaO2Ti+3. The molecule has 4 heteroatoms. The molecule has 0 fully saturated rings. The first kappa shape index (κ1) is 39.4. The van der Waals surface area contributed by atoms with E-state index in [0.717, 1.165) is 0 Å². The Balaban J connectivity index is 0. The van der Waals surface area contributed by atoms with Crippen molar-refractivity contribution in [1.82, 2.24) is 0 Å². The summed E-state index contributed by atoms with van der Waals surface area (Å²) in [5.41, 5.74) is 0. The van der Waals surface area contributed by atoms with Gasteiger partial charge in [0, 0.05) is 0 Å². The summed E-state index contributed by atoms with van der Waals surface area (Å²) < 4.78 is 0. The summed E-state index contributed by atoms with van der Waals surface area (Å²) in [5.74, 6) is 0. The van der Waals surface area contributed by atoms with Gasteiger partial charge in [-0.2, -0.15) is 0 Å². The summed E-state index contributed by atoms with van der Waals surface area (Å²) in [5, 5.41) is 0. The Morgan fingerprint density at radius 1 is 1.00 bits per heavy atom. The maximum absolute atomic E-state index is 0. The molecule has 2 nitrogen and oxygen atoms in total. The van der Waals surface area contributed by atoms with Crippen LogP contribution in [0.3, 0.4) is 0 Å². The van der Waals surface area contributed by atoms with E-state index in [-0.39, 0.29) is 70.4 Å². The summed E-state index contributed by atoms with van der Waals surface area (Å²) in [7, 11) is 0. The van der Waals surface area contributed by atoms with E-state index in [1.807, 2.05) is 0 Å². The molecule has 0 heterocycles. The van der Waals surface area contributed by atoms with Crippen LogP contribution in [-0.4, -0.2) is 43.2 Å². The van der Waals surface area contributed by atoms with Gasteiger partial charge in [-0.25, -0.2) is 0 Å². The molecule has 0 aromatic heterocycles. The third kappa shape index (κ3) is 9.09. The Labute approximate surface area is 69.5 Å². The van der Waals surface area contributed by atoms with Crippen molar-refractivity contribution in [3.05, 3.63) is 0 Å². The van der Waals surface area contributed by atoms with Crippen molar-refractivity contribution in [2.45, 2.75) is 0 Å². The molecule has 4 heavy (non-hydrogen) atoms. The minimum atomic E-state index is 0. The van der Waals surface area contributed by atoms with Gasteiger partial charge in [0.2, 0.25) is 0 Å². The standard InChI is InChI=1S/Ca.H2O.O.Ti/h;1H2;;/q+2;;-2;+4/p-1. The Bertz CT molecular complexity index is 6.00. The number of hydrogen-bond donors (Lipinski definition) is 0. The molecule has 0 saturated heterocycles. The molecule has 0 spiro atoms. The van der Waals surface area contributed by atoms with Crippen molar-refractivity contribution in [2.24, 2.45) is 0 Å². The van der Waals surface area contributed by atoms with E-state index in [4.69, 9.17) is 0 Å². The minimum Gasteiger partial charge on any atom is -2.00 e. The predicted molar refractivity (Wildman–Crippen MR) is 8.38 cm³/mol. The first-order valence-electron chi connectivity index (χ1n) is 0. The molecule has 0 aromatic rings. The van der Waals surface area contributed by atoms with Gasteiger partial charge in [0.05, 0.1) is 0 Å². The Morgan fingerprint density at radius 3 is 1.00 bits per heavy atom. The van der Waals surface area contributed by atoms with Crippen LogP contribution in [-0.2, 0) is 27.2 Å². The molecule has 0 aliphatic carbocycles. The zero-order valence-corrected chi connectivity index (χ0v) is 5.83. The van der Waals surface area contributed by atoms with Crippen LogP contribution in [0.2, 0.25) is 0 Å². The van der Waals surface area contributed by atoms with Gasteiger partial charge in [-0.1, -0.05) is 0 Å². The van der Waals surface area contributed by atoms with Gasteiger partial charge in [-0.3, -0.25) is 0 Å². The molecule has 0 unspecified atom stereocenters. The van der Waals surface area contributed by atoms with Crippen LogP contribution in [0.25, 0.3) is 0 Å². The fraction of sp³-hybridized carbons (Fsp3) is 0. The fourth-order valence-electron chi connectivity index (χ4n) is 0. The molecule has 0 atom stereocenters. The van der Waals surface area contributed by atoms with Crippen molar-refractivity contribution in [2.75, 3.05) is 0 Å². The maximum Gasteiger partial charge on any atom is 4.00 e. The van der Waals surface area contributed by atoms with Gasteiger partial charge in [0.15, 0.2) is 0 Å². The van der Waals surface area contributed by atoms with Gasteiger partial charge in [0.25, 0.3) is 0 Å². The maximum atomic E-state index is 0. The van der Waals surface area contributed by atoms with Gasteiger partial charge in [-0.05, 0) is 0 Å². The third-order valence-corrected chi connectivity index (χ3v) is 0.